The van der Waals surface area contributed by atoms with Crippen LogP contribution in [0.1, 0.15) is 44.4 Å². The van der Waals surface area contributed by atoms with Crippen molar-refractivity contribution in [1.29, 1.82) is 0 Å². The zero-order chi connectivity index (χ0) is 20.3. The quantitative estimate of drug-likeness (QED) is 0.784. The van der Waals surface area contributed by atoms with E-state index >= 15 is 0 Å². The molecule has 0 bridgehead atoms. The molecule has 0 fully saturated rings. The Kier molecular flexibility index (Phi) is 5.97. The molecule has 0 spiro atoms. The summed E-state index contributed by atoms with van der Waals surface area (Å²) in [5, 5.41) is 3.44. The number of esters is 1. The molecule has 0 saturated heterocycles. The highest BCUT2D eigenvalue weighted by Gasteiger charge is 2.32. The van der Waals surface area contributed by atoms with Gasteiger partial charge in [-0.15, -0.1) is 0 Å². The monoisotopic (exact) mass is 384 g/mol. The minimum absolute atomic E-state index is 0.00366. The van der Waals surface area contributed by atoms with E-state index in [4.69, 9.17) is 4.74 Å². The number of carbonyl (C=O) groups is 2. The minimum Gasteiger partial charge on any atom is -0.466 e. The lowest BCUT2D eigenvalue weighted by atomic mass is 9.91. The number of hydrogen-bond acceptors (Lipinski definition) is 4. The Bertz CT molecular complexity index is 867. The zero-order valence-electron chi connectivity index (χ0n) is 16.4. The van der Waals surface area contributed by atoms with Crippen molar-refractivity contribution in [2.45, 2.75) is 45.7 Å². The Balaban J connectivity index is 1.80. The smallest absolute Gasteiger partial charge is 0.310 e. The first-order chi connectivity index (χ1) is 13.4. The fourth-order valence-electron chi connectivity index (χ4n) is 3.75. The zero-order valence-corrected chi connectivity index (χ0v) is 16.4. The highest BCUT2D eigenvalue weighted by Crippen LogP contribution is 2.39. The van der Waals surface area contributed by atoms with Gasteiger partial charge in [0.05, 0.1) is 19.1 Å². The Hall–Kier alpha value is -2.89. The van der Waals surface area contributed by atoms with Gasteiger partial charge >= 0.3 is 5.97 Å². The molecule has 1 N–H and O–H groups in total. The molecule has 6 heteroatoms. The summed E-state index contributed by atoms with van der Waals surface area (Å²) in [4.78, 5) is 25.4. The van der Waals surface area contributed by atoms with Gasteiger partial charge < -0.3 is 15.0 Å². The molecule has 5 nitrogen and oxygen atoms in total. The normalized spacial score (nSPS) is 18.4. The highest BCUT2D eigenvalue weighted by atomic mass is 19.1. The number of carbonyl (C=O) groups excluding carboxylic acids is 2. The van der Waals surface area contributed by atoms with Gasteiger partial charge in [-0.05, 0) is 56.2 Å². The van der Waals surface area contributed by atoms with Gasteiger partial charge in [-0.3, -0.25) is 9.59 Å². The van der Waals surface area contributed by atoms with E-state index in [0.29, 0.717) is 13.0 Å². The minimum atomic E-state index is -0.326. The summed E-state index contributed by atoms with van der Waals surface area (Å²) in [7, 11) is 0. The molecule has 0 saturated carbocycles. The van der Waals surface area contributed by atoms with Crippen LogP contribution in [-0.4, -0.2) is 24.5 Å². The van der Waals surface area contributed by atoms with Crippen LogP contribution in [0.15, 0.2) is 42.5 Å². The molecule has 28 heavy (non-hydrogen) atoms. The number of ether oxygens (including phenoxy) is 1. The molecule has 1 amide bonds. The number of benzene rings is 2. The summed E-state index contributed by atoms with van der Waals surface area (Å²) >= 11 is 0. The maximum atomic E-state index is 13.9. The molecule has 1 aliphatic rings. The van der Waals surface area contributed by atoms with Crippen molar-refractivity contribution >= 4 is 23.3 Å². The van der Waals surface area contributed by atoms with Crippen LogP contribution in [0, 0.1) is 5.82 Å². The summed E-state index contributed by atoms with van der Waals surface area (Å²) < 4.78 is 18.9. The van der Waals surface area contributed by atoms with Gasteiger partial charge in [0.15, 0.2) is 0 Å². The van der Waals surface area contributed by atoms with Crippen molar-refractivity contribution in [3.8, 4) is 0 Å². The van der Waals surface area contributed by atoms with E-state index in [2.05, 4.69) is 5.32 Å². The van der Waals surface area contributed by atoms with Crippen LogP contribution in [0.2, 0.25) is 0 Å². The lowest BCUT2D eigenvalue weighted by Crippen LogP contribution is -2.43. The fraction of sp³-hybridized carbons (Fsp3) is 0.364. The van der Waals surface area contributed by atoms with Crippen LogP contribution in [-0.2, 0) is 20.7 Å². The Labute approximate surface area is 164 Å². The van der Waals surface area contributed by atoms with Crippen molar-refractivity contribution in [2.75, 3.05) is 16.8 Å². The lowest BCUT2D eigenvalue weighted by Gasteiger charge is -2.39. The third-order valence-electron chi connectivity index (χ3n) is 4.93. The first-order valence-corrected chi connectivity index (χ1v) is 9.49. The van der Waals surface area contributed by atoms with Crippen LogP contribution in [0.5, 0.6) is 0 Å². The Morgan fingerprint density at radius 1 is 1.21 bits per heavy atom. The average Bonchev–Trinajstić information content (AvgIpc) is 2.63. The van der Waals surface area contributed by atoms with E-state index < -0.39 is 0 Å². The average molecular weight is 384 g/mol. The van der Waals surface area contributed by atoms with Gasteiger partial charge in [0, 0.05) is 29.9 Å². The number of nitrogens with one attached hydrogen (secondary N) is 1. The molecule has 0 radical (unpaired) electrons. The van der Waals surface area contributed by atoms with Crippen LogP contribution in [0.3, 0.4) is 0 Å². The standard InChI is InChI=1S/C22H25FN2O3/c1-4-28-22(27)12-16-5-8-18(9-6-16)24-20-11-14(2)25(15(3)26)21-10-7-17(23)13-19(20)21/h5-10,13-14,20,24H,4,11-12H2,1-3H3. The van der Waals surface area contributed by atoms with Crippen LogP contribution in [0.4, 0.5) is 15.8 Å². The summed E-state index contributed by atoms with van der Waals surface area (Å²) in [6, 6.07) is 12.0. The van der Waals surface area contributed by atoms with Crippen molar-refractivity contribution in [1.82, 2.24) is 0 Å². The molecule has 1 aliphatic heterocycles. The Morgan fingerprint density at radius 2 is 1.93 bits per heavy atom. The largest absolute Gasteiger partial charge is 0.466 e. The Morgan fingerprint density at radius 3 is 2.57 bits per heavy atom. The third kappa shape index (κ3) is 4.32. The predicted octanol–water partition coefficient (Wildman–Crippen LogP) is 4.23. The molecule has 2 unspecified atom stereocenters. The van der Waals surface area contributed by atoms with Crippen molar-refractivity contribution in [3.05, 3.63) is 59.4 Å². The highest BCUT2D eigenvalue weighted by molar-refractivity contribution is 5.93. The van der Waals surface area contributed by atoms with Gasteiger partial charge in [-0.25, -0.2) is 4.39 Å². The number of amides is 1. The molecule has 2 aromatic carbocycles. The predicted molar refractivity (Wildman–Crippen MR) is 107 cm³/mol. The summed E-state index contributed by atoms with van der Waals surface area (Å²) in [6.07, 6.45) is 0.900. The van der Waals surface area contributed by atoms with Gasteiger partial charge in [0.2, 0.25) is 5.91 Å². The number of nitrogens with zero attached hydrogens (tertiary/aromatic N) is 1. The molecular weight excluding hydrogens is 359 g/mol. The maximum absolute atomic E-state index is 13.9. The number of hydrogen-bond donors (Lipinski definition) is 1. The molecule has 2 atom stereocenters. The number of anilines is 2. The summed E-state index contributed by atoms with van der Waals surface area (Å²) in [5.74, 6) is -0.631. The van der Waals surface area contributed by atoms with Gasteiger partial charge in [0.1, 0.15) is 5.82 Å². The number of rotatable bonds is 5. The summed E-state index contributed by atoms with van der Waals surface area (Å²) in [6.45, 7) is 5.67. The summed E-state index contributed by atoms with van der Waals surface area (Å²) in [5.41, 5.74) is 3.25. The molecule has 0 aliphatic carbocycles. The van der Waals surface area contributed by atoms with E-state index in [0.717, 1.165) is 22.5 Å². The van der Waals surface area contributed by atoms with Gasteiger partial charge in [-0.2, -0.15) is 0 Å². The lowest BCUT2D eigenvalue weighted by molar-refractivity contribution is -0.142. The molecular formula is C22H25FN2O3. The second-order valence-electron chi connectivity index (χ2n) is 7.05. The van der Waals surface area contributed by atoms with E-state index in [1.807, 2.05) is 31.2 Å². The molecule has 3 rings (SSSR count). The third-order valence-corrected chi connectivity index (χ3v) is 4.93. The van der Waals surface area contributed by atoms with Crippen LogP contribution >= 0.6 is 0 Å². The van der Waals surface area contributed by atoms with Gasteiger partial charge in [-0.1, -0.05) is 12.1 Å². The second kappa shape index (κ2) is 8.42. The van der Waals surface area contributed by atoms with Crippen LogP contribution < -0.4 is 10.2 Å². The van der Waals surface area contributed by atoms with Crippen molar-refractivity contribution < 1.29 is 18.7 Å². The molecule has 0 aromatic heterocycles. The fourth-order valence-corrected chi connectivity index (χ4v) is 3.75. The second-order valence-corrected chi connectivity index (χ2v) is 7.05. The topological polar surface area (TPSA) is 58.6 Å². The number of fused-ring (bicyclic) bond motifs is 1. The number of halogens is 1. The molecule has 2 aromatic rings. The van der Waals surface area contributed by atoms with Crippen LogP contribution in [0.25, 0.3) is 0 Å². The first kappa shape index (κ1) is 19.9. The van der Waals surface area contributed by atoms with E-state index in [-0.39, 0.29) is 36.2 Å². The first-order valence-electron chi connectivity index (χ1n) is 9.49. The van der Waals surface area contributed by atoms with E-state index in [1.54, 1.807) is 17.9 Å². The maximum Gasteiger partial charge on any atom is 0.310 e. The van der Waals surface area contributed by atoms with Crippen molar-refractivity contribution in [2.24, 2.45) is 0 Å². The van der Waals surface area contributed by atoms with Crippen molar-refractivity contribution in [3.63, 3.8) is 0 Å². The van der Waals surface area contributed by atoms with E-state index in [9.17, 15) is 14.0 Å². The molecule has 1 heterocycles. The SMILES string of the molecule is CCOC(=O)Cc1ccc(NC2CC(C)N(C(C)=O)c3ccc(F)cc32)cc1. The van der Waals surface area contributed by atoms with E-state index in [1.165, 1.54) is 19.1 Å². The molecule has 148 valence electrons. The van der Waals surface area contributed by atoms with Gasteiger partial charge in [0.25, 0.3) is 0 Å².